The van der Waals surface area contributed by atoms with Crippen molar-refractivity contribution in [3.8, 4) is 27.9 Å². The van der Waals surface area contributed by atoms with E-state index in [0.29, 0.717) is 0 Å². The van der Waals surface area contributed by atoms with Gasteiger partial charge in [0, 0.05) is 27.8 Å². The minimum atomic E-state index is 1.08. The number of hydrogen-bond acceptors (Lipinski definition) is 1. The normalized spacial score (nSPS) is 11.3. The van der Waals surface area contributed by atoms with Crippen LogP contribution in [-0.2, 0) is 0 Å². The molecular weight excluding hydrogens is 508 g/mol. The van der Waals surface area contributed by atoms with Crippen LogP contribution in [0, 0.1) is 0 Å². The standard InChI is InChI=1S/C40H28N2/c1-2-8-33-27-35(24-19-28(33)7-1)41-34-22-17-31(18-23-34)29-13-15-30(16-14-29)32-20-25-36(26-21-32)42-39-11-5-3-9-37(39)38-10-4-6-12-40(38)42/h1-27,41H. The van der Waals surface area contributed by atoms with Crippen molar-refractivity contribution in [3.63, 3.8) is 0 Å². The van der Waals surface area contributed by atoms with E-state index in [-0.39, 0.29) is 0 Å². The van der Waals surface area contributed by atoms with Crippen LogP contribution in [0.25, 0.3) is 60.5 Å². The average molecular weight is 537 g/mol. The van der Waals surface area contributed by atoms with Gasteiger partial charge in [0.15, 0.2) is 0 Å². The molecule has 0 amide bonds. The smallest absolute Gasteiger partial charge is 0.0541 e. The van der Waals surface area contributed by atoms with Gasteiger partial charge >= 0.3 is 0 Å². The number of hydrogen-bond donors (Lipinski definition) is 1. The quantitative estimate of drug-likeness (QED) is 0.231. The first-order valence-corrected chi connectivity index (χ1v) is 14.4. The molecule has 0 aliphatic heterocycles. The van der Waals surface area contributed by atoms with Crippen molar-refractivity contribution in [3.05, 3.63) is 164 Å². The maximum absolute atomic E-state index is 3.54. The molecule has 0 atom stereocenters. The van der Waals surface area contributed by atoms with E-state index < -0.39 is 0 Å². The van der Waals surface area contributed by atoms with Crippen LogP contribution in [0.3, 0.4) is 0 Å². The third kappa shape index (κ3) is 4.31. The van der Waals surface area contributed by atoms with Gasteiger partial charge in [0.05, 0.1) is 11.0 Å². The summed E-state index contributed by atoms with van der Waals surface area (Å²) in [4.78, 5) is 0. The summed E-state index contributed by atoms with van der Waals surface area (Å²) in [5.74, 6) is 0. The van der Waals surface area contributed by atoms with E-state index in [9.17, 15) is 0 Å². The zero-order valence-corrected chi connectivity index (χ0v) is 23.0. The fourth-order valence-electron chi connectivity index (χ4n) is 6.04. The highest BCUT2D eigenvalue weighted by Crippen LogP contribution is 2.33. The van der Waals surface area contributed by atoms with Crippen LogP contribution in [0.1, 0.15) is 0 Å². The summed E-state index contributed by atoms with van der Waals surface area (Å²) >= 11 is 0. The third-order valence-electron chi connectivity index (χ3n) is 8.18. The molecule has 7 aromatic carbocycles. The number of nitrogens with zero attached hydrogens (tertiary/aromatic N) is 1. The Morgan fingerprint density at radius 2 is 0.810 bits per heavy atom. The lowest BCUT2D eigenvalue weighted by molar-refractivity contribution is 1.18. The molecule has 42 heavy (non-hydrogen) atoms. The van der Waals surface area contributed by atoms with Gasteiger partial charge in [-0.25, -0.2) is 0 Å². The summed E-state index contributed by atoms with van der Waals surface area (Å²) in [6, 6.07) is 58.6. The lowest BCUT2D eigenvalue weighted by atomic mass is 10.00. The largest absolute Gasteiger partial charge is 0.356 e. The summed E-state index contributed by atoms with van der Waals surface area (Å²) in [7, 11) is 0. The Morgan fingerprint density at radius 3 is 1.40 bits per heavy atom. The van der Waals surface area contributed by atoms with Crippen LogP contribution >= 0.6 is 0 Å². The molecule has 0 unspecified atom stereocenters. The van der Waals surface area contributed by atoms with Crippen LogP contribution in [-0.4, -0.2) is 4.57 Å². The van der Waals surface area contributed by atoms with Crippen molar-refractivity contribution in [2.75, 3.05) is 5.32 Å². The first-order chi connectivity index (χ1) is 20.8. The van der Waals surface area contributed by atoms with E-state index in [4.69, 9.17) is 0 Å². The number of rotatable bonds is 5. The Kier molecular flexibility index (Phi) is 5.82. The van der Waals surface area contributed by atoms with Crippen molar-refractivity contribution in [1.82, 2.24) is 4.57 Å². The minimum absolute atomic E-state index is 1.08. The van der Waals surface area contributed by atoms with Crippen molar-refractivity contribution in [2.24, 2.45) is 0 Å². The van der Waals surface area contributed by atoms with Gasteiger partial charge in [-0.3, -0.25) is 0 Å². The van der Waals surface area contributed by atoms with E-state index in [1.165, 1.54) is 60.5 Å². The summed E-state index contributed by atoms with van der Waals surface area (Å²) in [6.07, 6.45) is 0. The van der Waals surface area contributed by atoms with Gasteiger partial charge in [-0.05, 0) is 81.6 Å². The van der Waals surface area contributed by atoms with Gasteiger partial charge in [-0.1, -0.05) is 115 Å². The Bertz CT molecular complexity index is 2130. The summed E-state index contributed by atoms with van der Waals surface area (Å²) in [5.41, 5.74) is 10.6. The van der Waals surface area contributed by atoms with Crippen LogP contribution in [0.4, 0.5) is 11.4 Å². The Hall–Kier alpha value is -5.60. The molecular formula is C40H28N2. The molecule has 8 aromatic rings. The second-order valence-corrected chi connectivity index (χ2v) is 10.8. The highest BCUT2D eigenvalue weighted by Gasteiger charge is 2.11. The lowest BCUT2D eigenvalue weighted by Gasteiger charge is -2.11. The molecule has 0 fully saturated rings. The molecule has 0 aliphatic carbocycles. The molecule has 0 saturated carbocycles. The molecule has 2 heteroatoms. The molecule has 1 N–H and O–H groups in total. The fourth-order valence-corrected chi connectivity index (χ4v) is 6.04. The van der Waals surface area contributed by atoms with E-state index in [1.807, 2.05) is 0 Å². The van der Waals surface area contributed by atoms with Crippen molar-refractivity contribution >= 4 is 44.0 Å². The number of benzene rings is 7. The maximum atomic E-state index is 3.54. The van der Waals surface area contributed by atoms with Gasteiger partial charge in [0.2, 0.25) is 0 Å². The topological polar surface area (TPSA) is 17.0 Å². The molecule has 2 nitrogen and oxygen atoms in total. The molecule has 0 saturated heterocycles. The van der Waals surface area contributed by atoms with Gasteiger partial charge in [-0.15, -0.1) is 0 Å². The highest BCUT2D eigenvalue weighted by atomic mass is 15.0. The Morgan fingerprint density at radius 1 is 0.357 bits per heavy atom. The van der Waals surface area contributed by atoms with E-state index >= 15 is 0 Å². The predicted molar refractivity (Wildman–Crippen MR) is 179 cm³/mol. The minimum Gasteiger partial charge on any atom is -0.356 e. The van der Waals surface area contributed by atoms with E-state index in [0.717, 1.165) is 11.4 Å². The first-order valence-electron chi connectivity index (χ1n) is 14.4. The van der Waals surface area contributed by atoms with Gasteiger partial charge < -0.3 is 9.88 Å². The first kappa shape index (κ1) is 24.2. The molecule has 1 aromatic heterocycles. The number of para-hydroxylation sites is 2. The number of aromatic nitrogens is 1. The van der Waals surface area contributed by atoms with Crippen LogP contribution in [0.2, 0.25) is 0 Å². The number of nitrogens with one attached hydrogen (secondary N) is 1. The van der Waals surface area contributed by atoms with Crippen LogP contribution < -0.4 is 5.32 Å². The van der Waals surface area contributed by atoms with Crippen LogP contribution in [0.15, 0.2) is 164 Å². The number of anilines is 2. The fraction of sp³-hybridized carbons (Fsp3) is 0. The molecule has 0 radical (unpaired) electrons. The molecule has 8 rings (SSSR count). The average Bonchev–Trinajstić information content (AvgIpc) is 3.40. The SMILES string of the molecule is c1ccc2cc(Nc3ccc(-c4ccc(-c5ccc(-n6c7ccccc7c7ccccc76)cc5)cc4)cc3)ccc2c1. The zero-order valence-electron chi connectivity index (χ0n) is 23.0. The molecule has 0 bridgehead atoms. The summed E-state index contributed by atoms with van der Waals surface area (Å²) in [5, 5.41) is 8.59. The lowest BCUT2D eigenvalue weighted by Crippen LogP contribution is -1.93. The molecule has 198 valence electrons. The Balaban J connectivity index is 1.02. The third-order valence-corrected chi connectivity index (χ3v) is 8.18. The van der Waals surface area contributed by atoms with E-state index in [2.05, 4.69) is 174 Å². The van der Waals surface area contributed by atoms with Gasteiger partial charge in [0.25, 0.3) is 0 Å². The molecule has 0 aliphatic rings. The number of fused-ring (bicyclic) bond motifs is 4. The second kappa shape index (κ2) is 10.1. The van der Waals surface area contributed by atoms with E-state index in [1.54, 1.807) is 0 Å². The van der Waals surface area contributed by atoms with Crippen molar-refractivity contribution < 1.29 is 0 Å². The Labute approximate surface area is 245 Å². The molecule has 0 spiro atoms. The van der Waals surface area contributed by atoms with Gasteiger partial charge in [0.1, 0.15) is 0 Å². The monoisotopic (exact) mass is 536 g/mol. The summed E-state index contributed by atoms with van der Waals surface area (Å²) in [6.45, 7) is 0. The van der Waals surface area contributed by atoms with Crippen LogP contribution in [0.5, 0.6) is 0 Å². The molecule has 1 heterocycles. The summed E-state index contributed by atoms with van der Waals surface area (Å²) < 4.78 is 2.36. The van der Waals surface area contributed by atoms with Crippen molar-refractivity contribution in [1.29, 1.82) is 0 Å². The second-order valence-electron chi connectivity index (χ2n) is 10.8. The zero-order chi connectivity index (χ0) is 27.9. The van der Waals surface area contributed by atoms with Gasteiger partial charge in [-0.2, -0.15) is 0 Å². The van der Waals surface area contributed by atoms with Crippen molar-refractivity contribution in [2.45, 2.75) is 0 Å². The maximum Gasteiger partial charge on any atom is 0.0541 e. The highest BCUT2D eigenvalue weighted by molar-refractivity contribution is 6.09. The predicted octanol–water partition coefficient (Wildman–Crippen LogP) is 11.0.